The maximum atomic E-state index is 2.54. The van der Waals surface area contributed by atoms with E-state index < -0.39 is 0 Å². The van der Waals surface area contributed by atoms with E-state index in [9.17, 15) is 0 Å². The summed E-state index contributed by atoms with van der Waals surface area (Å²) in [6, 6.07) is 64.1. The second kappa shape index (κ2) is 23.7. The third-order valence-electron chi connectivity index (χ3n) is 16.1. The number of hydrogen-bond acceptors (Lipinski definition) is 0. The van der Waals surface area contributed by atoms with E-state index in [1.807, 2.05) is 83.1 Å². The molecule has 0 spiro atoms. The van der Waals surface area contributed by atoms with Crippen molar-refractivity contribution in [2.45, 2.75) is 134 Å². The molecule has 16 rings (SSSR count). The van der Waals surface area contributed by atoms with E-state index in [4.69, 9.17) is 0 Å². The predicted octanol–water partition coefficient (Wildman–Crippen LogP) is 21.1. The highest BCUT2D eigenvalue weighted by atomic mass is 14.4. The van der Waals surface area contributed by atoms with Crippen LogP contribution in [0.5, 0.6) is 0 Å². The van der Waals surface area contributed by atoms with Crippen LogP contribution in [0.2, 0.25) is 0 Å². The van der Waals surface area contributed by atoms with Gasteiger partial charge in [-0.3, -0.25) is 0 Å². The van der Waals surface area contributed by atoms with Gasteiger partial charge in [-0.15, -0.1) is 0 Å². The average molecular weight is 993 g/mol. The lowest BCUT2D eigenvalue weighted by Crippen LogP contribution is -2.12. The Kier molecular flexibility index (Phi) is 16.7. The van der Waals surface area contributed by atoms with Gasteiger partial charge in [0.25, 0.3) is 0 Å². The van der Waals surface area contributed by atoms with Gasteiger partial charge in [0.2, 0.25) is 0 Å². The lowest BCUT2D eigenvalue weighted by atomic mass is 9.76. The van der Waals surface area contributed by atoms with E-state index in [-0.39, 0.29) is 0 Å². The summed E-state index contributed by atoms with van der Waals surface area (Å²) in [4.78, 5) is 0. The van der Waals surface area contributed by atoms with Crippen LogP contribution in [0, 0.1) is 0 Å². The first-order valence-corrected chi connectivity index (χ1v) is 29.4. The molecule has 384 valence electrons. The van der Waals surface area contributed by atoms with Gasteiger partial charge in [-0.05, 0) is 219 Å². The smallest absolute Gasteiger partial charge is 0.00101 e. The van der Waals surface area contributed by atoms with Gasteiger partial charge in [0.05, 0.1) is 0 Å². The van der Waals surface area contributed by atoms with Crippen LogP contribution in [0.25, 0.3) is 66.1 Å². The molecule has 0 aromatic heterocycles. The first kappa shape index (κ1) is 53.5. The molecule has 6 aliphatic carbocycles. The summed E-state index contributed by atoms with van der Waals surface area (Å²) in [7, 11) is 0. The Hall–Kier alpha value is -7.28. The first-order chi connectivity index (χ1) is 37.7. The first-order valence-electron chi connectivity index (χ1n) is 29.4. The zero-order valence-corrected chi connectivity index (χ0v) is 47.8. The van der Waals surface area contributed by atoms with E-state index in [0.717, 1.165) is 51.4 Å². The highest BCUT2D eigenvalue weighted by Crippen LogP contribution is 2.54. The van der Waals surface area contributed by atoms with Gasteiger partial charge in [-0.25, -0.2) is 0 Å². The highest BCUT2D eigenvalue weighted by Gasteiger charge is 2.36. The Morgan fingerprint density at radius 3 is 0.737 bits per heavy atom. The largest absolute Gasteiger partial charge is 0.0683 e. The van der Waals surface area contributed by atoms with Crippen LogP contribution in [-0.4, -0.2) is 0 Å². The number of fused-ring (bicyclic) bond motifs is 24. The second-order valence-electron chi connectivity index (χ2n) is 19.3. The molecule has 0 unspecified atom stereocenters. The van der Waals surface area contributed by atoms with Gasteiger partial charge in [-0.2, -0.15) is 0 Å². The Labute approximate surface area is 456 Å². The van der Waals surface area contributed by atoms with E-state index in [1.165, 1.54) is 111 Å². The lowest BCUT2D eigenvalue weighted by Gasteiger charge is -2.27. The van der Waals surface area contributed by atoms with Gasteiger partial charge in [0, 0.05) is 0 Å². The molecule has 0 heterocycles. The fraction of sp³-hybridized carbons (Fsp3) is 0.263. The second-order valence-corrected chi connectivity index (χ2v) is 19.3. The molecule has 76 heavy (non-hydrogen) atoms. The molecule has 0 atom stereocenters. The molecule has 10 aromatic carbocycles. The maximum absolute atomic E-state index is 2.54. The molecular weight excluding hydrogens is 913 g/mol. The van der Waals surface area contributed by atoms with Crippen molar-refractivity contribution >= 4 is 21.5 Å². The minimum Gasteiger partial charge on any atom is -0.0683 e. The number of rotatable bonds is 0. The van der Waals surface area contributed by atoms with Gasteiger partial charge in [0.1, 0.15) is 0 Å². The van der Waals surface area contributed by atoms with Crippen molar-refractivity contribution in [3.8, 4) is 44.5 Å². The van der Waals surface area contributed by atoms with Crippen molar-refractivity contribution in [2.24, 2.45) is 0 Å². The number of hydrogen-bond donors (Lipinski definition) is 0. The van der Waals surface area contributed by atoms with E-state index in [0.29, 0.717) is 0 Å². The summed E-state index contributed by atoms with van der Waals surface area (Å²) in [5, 5.41) is 5.63. The van der Waals surface area contributed by atoms with Crippen molar-refractivity contribution in [1.82, 2.24) is 0 Å². The maximum Gasteiger partial charge on any atom is -0.00101 e. The van der Waals surface area contributed by atoms with Gasteiger partial charge >= 0.3 is 0 Å². The summed E-state index contributed by atoms with van der Waals surface area (Å²) in [5.74, 6) is 0. The van der Waals surface area contributed by atoms with Gasteiger partial charge in [0.15, 0.2) is 0 Å². The molecule has 0 saturated heterocycles. The van der Waals surface area contributed by atoms with Crippen molar-refractivity contribution in [3.05, 3.63) is 259 Å². The van der Waals surface area contributed by atoms with Crippen molar-refractivity contribution in [3.63, 3.8) is 0 Å². The Bertz CT molecular complexity index is 3480. The van der Waals surface area contributed by atoms with Crippen molar-refractivity contribution in [2.75, 3.05) is 0 Å². The van der Waals surface area contributed by atoms with Crippen LogP contribution in [0.15, 0.2) is 170 Å². The third-order valence-corrected chi connectivity index (χ3v) is 16.1. The zero-order chi connectivity index (χ0) is 53.6. The summed E-state index contributed by atoms with van der Waals surface area (Å²) < 4.78 is 0. The molecule has 0 saturated carbocycles. The quantitative estimate of drug-likeness (QED) is 0.142. The molecule has 0 aliphatic heterocycles. The van der Waals surface area contributed by atoms with Crippen LogP contribution in [0.3, 0.4) is 0 Å². The van der Waals surface area contributed by atoms with E-state index in [2.05, 4.69) is 170 Å². The molecule has 0 bridgehead atoms. The number of benzene rings is 10. The zero-order valence-electron chi connectivity index (χ0n) is 47.8. The minimum absolute atomic E-state index is 1.04. The van der Waals surface area contributed by atoms with Crippen LogP contribution in [0.1, 0.15) is 172 Å². The third kappa shape index (κ3) is 9.02. The summed E-state index contributed by atoms with van der Waals surface area (Å²) in [6.07, 6.45) is 8.48. The fourth-order valence-corrected chi connectivity index (χ4v) is 13.3. The van der Waals surface area contributed by atoms with Crippen LogP contribution >= 0.6 is 0 Å². The molecule has 0 N–H and O–H groups in total. The van der Waals surface area contributed by atoms with E-state index >= 15 is 0 Å². The topological polar surface area (TPSA) is 0 Å². The summed E-state index contributed by atoms with van der Waals surface area (Å²) in [6.45, 7) is 24.0. The molecule has 10 aromatic rings. The minimum atomic E-state index is 1.04. The molecule has 0 amide bonds. The SMILES string of the molecule is CC.CC.CC.CC.CC.CC.c1ccc2c(c1)Cc1c3c(c4c(c1-2)Cc1cc2ccccc2cc1C4)-c1ccccc1C3.c1ccc2c(c1)Cc1cc3c4c(c5c(c3cc1C2)-c1ccccc1C5)Cc1ccccc1-4. The predicted molar refractivity (Wildman–Crippen MR) is 333 cm³/mol. The fourth-order valence-electron chi connectivity index (χ4n) is 13.3. The van der Waals surface area contributed by atoms with Crippen LogP contribution < -0.4 is 0 Å². The van der Waals surface area contributed by atoms with E-state index in [1.54, 1.807) is 44.5 Å². The van der Waals surface area contributed by atoms with Crippen LogP contribution in [0.4, 0.5) is 0 Å². The molecule has 0 heteroatoms. The Balaban J connectivity index is 0.000000156. The van der Waals surface area contributed by atoms with Crippen molar-refractivity contribution < 1.29 is 0 Å². The molecule has 0 nitrogen and oxygen atoms in total. The molecular formula is C76H80. The molecule has 6 aliphatic rings. The van der Waals surface area contributed by atoms with Gasteiger partial charge in [-0.1, -0.05) is 241 Å². The average Bonchev–Trinajstić information content (AvgIpc) is 4.31. The summed E-state index contributed by atoms with van der Waals surface area (Å²) in [5.41, 5.74) is 36.4. The highest BCUT2D eigenvalue weighted by molar-refractivity contribution is 6.12. The normalized spacial score (nSPS) is 12.6. The Morgan fingerprint density at radius 2 is 0.421 bits per heavy atom. The Morgan fingerprint density at radius 1 is 0.197 bits per heavy atom. The molecule has 0 fully saturated rings. The summed E-state index contributed by atoms with van der Waals surface area (Å²) >= 11 is 0. The molecule has 0 radical (unpaired) electrons. The van der Waals surface area contributed by atoms with Crippen LogP contribution in [-0.2, 0) is 51.4 Å². The van der Waals surface area contributed by atoms with Gasteiger partial charge < -0.3 is 0 Å². The standard InChI is InChI=1S/2C32H22.6C2H6/c2*1-2-8-20-14-24-18-30-29(17-23(24)13-19(20)7-1)31-25-11-5-3-9-21(25)15-27(31)28-16-22-10-4-6-12-26(22)32(28)30;6*1-2/h1-12,17-18H,13-16H2;1-14H,15-18H2;6*1-2H3. The monoisotopic (exact) mass is 993 g/mol. The lowest BCUT2D eigenvalue weighted by molar-refractivity contribution is 1.00. The van der Waals surface area contributed by atoms with Crippen molar-refractivity contribution in [1.29, 1.82) is 0 Å².